The molecule has 0 aliphatic rings. The molecule has 24 heavy (non-hydrogen) atoms. The van der Waals surface area contributed by atoms with Gasteiger partial charge in [-0.2, -0.15) is 0 Å². The van der Waals surface area contributed by atoms with Gasteiger partial charge in [0.15, 0.2) is 0 Å². The molecular formula is C18H22ClN3O2. The molecule has 0 saturated carbocycles. The number of aliphatic hydroxyl groups is 1. The molecule has 2 rings (SSSR count). The second-order valence-electron chi connectivity index (χ2n) is 5.87. The second kappa shape index (κ2) is 8.66. The third-order valence-corrected chi connectivity index (χ3v) is 4.02. The summed E-state index contributed by atoms with van der Waals surface area (Å²) in [4.78, 5) is 16.5. The number of carbonyl (C=O) groups is 1. The number of carbonyl (C=O) groups excluding carboxylic acids is 1. The van der Waals surface area contributed by atoms with Gasteiger partial charge in [0.25, 0.3) is 0 Å². The summed E-state index contributed by atoms with van der Waals surface area (Å²) in [5, 5.41) is 16.2. The molecule has 2 amide bonds. The van der Waals surface area contributed by atoms with E-state index in [-0.39, 0.29) is 24.5 Å². The van der Waals surface area contributed by atoms with E-state index in [1.807, 2.05) is 32.0 Å². The lowest BCUT2D eigenvalue weighted by molar-refractivity contribution is 0.172. The van der Waals surface area contributed by atoms with Crippen LogP contribution in [0, 0.1) is 5.92 Å². The SMILES string of the molecule is CC(C)[C@@H](NC(=O)NC[C@H](O)c1ccccc1Cl)c1ccccn1. The Bertz CT molecular complexity index is 664. The Balaban J connectivity index is 1.93. The van der Waals surface area contributed by atoms with Gasteiger partial charge in [-0.25, -0.2) is 4.79 Å². The highest BCUT2D eigenvalue weighted by Crippen LogP contribution is 2.22. The van der Waals surface area contributed by atoms with E-state index in [1.54, 1.807) is 30.5 Å². The molecule has 1 aromatic heterocycles. The summed E-state index contributed by atoms with van der Waals surface area (Å²) < 4.78 is 0. The topological polar surface area (TPSA) is 74.2 Å². The van der Waals surface area contributed by atoms with E-state index in [0.29, 0.717) is 10.6 Å². The van der Waals surface area contributed by atoms with Crippen LogP contribution in [0.1, 0.15) is 37.3 Å². The first-order valence-corrected chi connectivity index (χ1v) is 8.24. The highest BCUT2D eigenvalue weighted by Gasteiger charge is 2.20. The number of hydrogen-bond acceptors (Lipinski definition) is 3. The van der Waals surface area contributed by atoms with Crippen LogP contribution in [0.5, 0.6) is 0 Å². The van der Waals surface area contributed by atoms with Crippen LogP contribution in [0.25, 0.3) is 0 Å². The average Bonchev–Trinajstić information content (AvgIpc) is 2.58. The lowest BCUT2D eigenvalue weighted by atomic mass is 10.0. The smallest absolute Gasteiger partial charge is 0.315 e. The van der Waals surface area contributed by atoms with E-state index in [4.69, 9.17) is 11.6 Å². The lowest BCUT2D eigenvalue weighted by Crippen LogP contribution is -2.41. The monoisotopic (exact) mass is 347 g/mol. The summed E-state index contributed by atoms with van der Waals surface area (Å²) in [6, 6.07) is 12.1. The molecule has 128 valence electrons. The molecule has 1 heterocycles. The molecule has 3 N–H and O–H groups in total. The van der Waals surface area contributed by atoms with Crippen molar-refractivity contribution in [2.45, 2.75) is 26.0 Å². The van der Waals surface area contributed by atoms with Crippen molar-refractivity contribution in [1.82, 2.24) is 15.6 Å². The summed E-state index contributed by atoms with van der Waals surface area (Å²) in [5.74, 6) is 0.180. The van der Waals surface area contributed by atoms with Crippen molar-refractivity contribution in [3.05, 3.63) is 64.9 Å². The molecule has 1 aromatic carbocycles. The van der Waals surface area contributed by atoms with Gasteiger partial charge in [-0.05, 0) is 24.1 Å². The number of amides is 2. The highest BCUT2D eigenvalue weighted by molar-refractivity contribution is 6.31. The van der Waals surface area contributed by atoms with Crippen LogP contribution < -0.4 is 10.6 Å². The Labute approximate surface area is 147 Å². The summed E-state index contributed by atoms with van der Waals surface area (Å²) in [6.07, 6.45) is 0.836. The standard InChI is InChI=1S/C18H22ClN3O2/c1-12(2)17(15-9-5-6-10-20-15)22-18(24)21-11-16(23)13-7-3-4-8-14(13)19/h3-10,12,16-17,23H,11H2,1-2H3,(H2,21,22,24)/t16-,17+/m0/s1. The summed E-state index contributed by atoms with van der Waals surface area (Å²) in [6.45, 7) is 4.10. The molecular weight excluding hydrogens is 326 g/mol. The van der Waals surface area contributed by atoms with Crippen molar-refractivity contribution < 1.29 is 9.90 Å². The second-order valence-corrected chi connectivity index (χ2v) is 6.28. The van der Waals surface area contributed by atoms with Crippen molar-refractivity contribution in [3.63, 3.8) is 0 Å². The quantitative estimate of drug-likeness (QED) is 0.749. The number of halogens is 1. The molecule has 0 saturated heterocycles. The fourth-order valence-electron chi connectivity index (χ4n) is 2.38. The Morgan fingerprint density at radius 2 is 1.92 bits per heavy atom. The maximum Gasteiger partial charge on any atom is 0.315 e. The van der Waals surface area contributed by atoms with E-state index in [2.05, 4.69) is 15.6 Å². The van der Waals surface area contributed by atoms with Gasteiger partial charge in [0, 0.05) is 23.3 Å². The first-order chi connectivity index (χ1) is 11.5. The number of hydrogen-bond donors (Lipinski definition) is 3. The number of benzene rings is 1. The van der Waals surface area contributed by atoms with Crippen LogP contribution in [0.3, 0.4) is 0 Å². The summed E-state index contributed by atoms with van der Waals surface area (Å²) in [5.41, 5.74) is 1.39. The molecule has 0 radical (unpaired) electrons. The first-order valence-electron chi connectivity index (χ1n) is 7.86. The van der Waals surface area contributed by atoms with E-state index in [1.165, 1.54) is 0 Å². The molecule has 2 atom stereocenters. The van der Waals surface area contributed by atoms with Gasteiger partial charge in [-0.1, -0.05) is 49.7 Å². The fourth-order valence-corrected chi connectivity index (χ4v) is 2.64. The van der Waals surface area contributed by atoms with Gasteiger partial charge >= 0.3 is 6.03 Å². The van der Waals surface area contributed by atoms with E-state index in [0.717, 1.165) is 5.69 Å². The van der Waals surface area contributed by atoms with Gasteiger partial charge in [0.05, 0.1) is 17.8 Å². The minimum absolute atomic E-state index is 0.0720. The Kier molecular flexibility index (Phi) is 6.58. The van der Waals surface area contributed by atoms with Gasteiger partial charge in [0.2, 0.25) is 0 Å². The number of nitrogens with one attached hydrogen (secondary N) is 2. The maximum atomic E-state index is 12.2. The zero-order valence-electron chi connectivity index (χ0n) is 13.7. The Morgan fingerprint density at radius 1 is 1.21 bits per heavy atom. The van der Waals surface area contributed by atoms with Gasteiger partial charge in [-0.15, -0.1) is 0 Å². The van der Waals surface area contributed by atoms with Crippen molar-refractivity contribution >= 4 is 17.6 Å². The summed E-state index contributed by atoms with van der Waals surface area (Å²) >= 11 is 6.04. The van der Waals surface area contributed by atoms with E-state index >= 15 is 0 Å². The van der Waals surface area contributed by atoms with Crippen molar-refractivity contribution in [2.75, 3.05) is 6.54 Å². The molecule has 0 aliphatic carbocycles. The van der Waals surface area contributed by atoms with Crippen LogP contribution in [0.15, 0.2) is 48.7 Å². The Hall–Kier alpha value is -2.11. The molecule has 0 aliphatic heterocycles. The average molecular weight is 348 g/mol. The molecule has 2 aromatic rings. The Morgan fingerprint density at radius 3 is 2.54 bits per heavy atom. The minimum Gasteiger partial charge on any atom is -0.387 e. The number of nitrogens with zero attached hydrogens (tertiary/aromatic N) is 1. The lowest BCUT2D eigenvalue weighted by Gasteiger charge is -2.22. The summed E-state index contributed by atoms with van der Waals surface area (Å²) in [7, 11) is 0. The van der Waals surface area contributed by atoms with E-state index in [9.17, 15) is 9.90 Å². The van der Waals surface area contributed by atoms with Crippen molar-refractivity contribution in [1.29, 1.82) is 0 Å². The maximum absolute atomic E-state index is 12.2. The van der Waals surface area contributed by atoms with Crippen LogP contribution in [0.4, 0.5) is 4.79 Å². The number of aromatic nitrogens is 1. The van der Waals surface area contributed by atoms with Gasteiger partial charge in [-0.3, -0.25) is 4.98 Å². The zero-order chi connectivity index (χ0) is 17.5. The van der Waals surface area contributed by atoms with Gasteiger partial charge < -0.3 is 15.7 Å². The molecule has 0 unspecified atom stereocenters. The number of urea groups is 1. The minimum atomic E-state index is -0.864. The largest absolute Gasteiger partial charge is 0.387 e. The third kappa shape index (κ3) is 4.94. The van der Waals surface area contributed by atoms with Crippen molar-refractivity contribution in [3.8, 4) is 0 Å². The van der Waals surface area contributed by atoms with Crippen LogP contribution in [-0.4, -0.2) is 22.7 Å². The van der Waals surface area contributed by atoms with Crippen molar-refractivity contribution in [2.24, 2.45) is 5.92 Å². The van der Waals surface area contributed by atoms with Gasteiger partial charge in [0.1, 0.15) is 0 Å². The predicted molar refractivity (Wildman–Crippen MR) is 94.8 cm³/mol. The fraction of sp³-hybridized carbons (Fsp3) is 0.333. The molecule has 0 fully saturated rings. The molecule has 5 nitrogen and oxygen atoms in total. The normalized spacial score (nSPS) is 13.4. The number of rotatable bonds is 6. The van der Waals surface area contributed by atoms with Crippen LogP contribution in [-0.2, 0) is 0 Å². The van der Waals surface area contributed by atoms with Crippen LogP contribution >= 0.6 is 11.6 Å². The molecule has 0 bridgehead atoms. The number of pyridine rings is 1. The predicted octanol–water partition coefficient (Wildman–Crippen LogP) is 3.46. The third-order valence-electron chi connectivity index (χ3n) is 3.68. The highest BCUT2D eigenvalue weighted by atomic mass is 35.5. The number of aliphatic hydroxyl groups excluding tert-OH is 1. The van der Waals surface area contributed by atoms with E-state index < -0.39 is 6.10 Å². The van der Waals surface area contributed by atoms with Crippen LogP contribution in [0.2, 0.25) is 5.02 Å². The first kappa shape index (κ1) is 18.2. The molecule has 6 heteroatoms. The molecule has 0 spiro atoms. The zero-order valence-corrected chi connectivity index (χ0v) is 14.5.